The molecule has 0 saturated carbocycles. The molecule has 0 bridgehead atoms. The van der Waals surface area contributed by atoms with E-state index in [-0.39, 0.29) is 31.5 Å². The molecule has 0 aromatic carbocycles. The maximum atomic E-state index is 13.6. The smallest absolute Gasteiger partial charge is 0.456 e. The van der Waals surface area contributed by atoms with E-state index in [1.165, 1.54) is 238 Å². The Hall–Kier alpha value is -2.03. The van der Waals surface area contributed by atoms with Crippen LogP contribution in [0.4, 0.5) is 0 Å². The number of esters is 1. The number of unbranched alkanes of at least 4 members (excludes halogenated alkanes) is 44. The molecule has 3 unspecified atom stereocenters. The molecule has 0 radical (unpaired) electrons. The van der Waals surface area contributed by atoms with Crippen molar-refractivity contribution in [3.63, 3.8) is 0 Å². The number of hydrogen-bond acceptors (Lipinski definition) is 6. The predicted octanol–water partition coefficient (Wildman–Crippen LogP) is 22.8. The first-order valence-corrected chi connectivity index (χ1v) is 37.5. The van der Waals surface area contributed by atoms with Gasteiger partial charge in [0, 0.05) is 12.8 Å². The maximum absolute atomic E-state index is 13.6. The van der Waals surface area contributed by atoms with Crippen LogP contribution in [0.2, 0.25) is 0 Å². The van der Waals surface area contributed by atoms with Crippen molar-refractivity contribution in [3.8, 4) is 0 Å². The minimum Gasteiger partial charge on any atom is -0.456 e. The zero-order chi connectivity index (χ0) is 60.7. The molecule has 0 fully saturated rings. The summed E-state index contributed by atoms with van der Waals surface area (Å²) in [5, 5.41) is 3.08. The van der Waals surface area contributed by atoms with E-state index in [9.17, 15) is 19.0 Å². The van der Waals surface area contributed by atoms with Crippen LogP contribution in [-0.2, 0) is 27.9 Å². The molecule has 3 atom stereocenters. The topological polar surface area (TPSA) is 111 Å². The van der Waals surface area contributed by atoms with Gasteiger partial charge in [0.15, 0.2) is 0 Å². The minimum atomic E-state index is -4.46. The molecule has 83 heavy (non-hydrogen) atoms. The fourth-order valence-electron chi connectivity index (χ4n) is 10.7. The lowest BCUT2D eigenvalue weighted by Crippen LogP contribution is -2.47. The highest BCUT2D eigenvalue weighted by molar-refractivity contribution is 7.47. The number of carbonyl (C=O) groups excluding carboxylic acids is 2. The normalized spacial score (nSPS) is 13.8. The summed E-state index contributed by atoms with van der Waals surface area (Å²) in [6.45, 7) is 7.03. The molecule has 0 aromatic rings. The summed E-state index contributed by atoms with van der Waals surface area (Å²) in [6, 6.07) is -0.853. The Labute approximate surface area is 516 Å². The van der Waals surface area contributed by atoms with Crippen molar-refractivity contribution in [1.82, 2.24) is 5.32 Å². The average molecular weight is 1190 g/mol. The third kappa shape index (κ3) is 64.3. The second kappa shape index (κ2) is 63.0. The summed E-state index contributed by atoms with van der Waals surface area (Å²) in [6.07, 6.45) is 79.8. The SMILES string of the molecule is CCCCC/C=C\C/C=C\C/C=C\CCCCCCCCC(=O)OC(/C=C/CCCCCCCCCCCCC)C(COP(=O)(O)OCC[N+](C)(C)C)NC(=O)CCCCCCCCCCCCCCCCCCCCCCCCCCC. The van der Waals surface area contributed by atoms with Crippen LogP contribution in [-0.4, -0.2) is 74.3 Å². The Bertz CT molecular complexity index is 1560. The molecule has 0 aromatic heterocycles. The lowest BCUT2D eigenvalue weighted by Gasteiger charge is -2.27. The van der Waals surface area contributed by atoms with Gasteiger partial charge in [-0.25, -0.2) is 4.57 Å². The lowest BCUT2D eigenvalue weighted by molar-refractivity contribution is -0.870. The summed E-state index contributed by atoms with van der Waals surface area (Å²) in [7, 11) is 1.50. The number of likely N-dealkylation sites (N-methyl/N-ethyl adjacent to an activating group) is 1. The summed E-state index contributed by atoms with van der Waals surface area (Å²) in [5.41, 5.74) is 0. The van der Waals surface area contributed by atoms with Gasteiger partial charge in [-0.1, -0.05) is 320 Å². The van der Waals surface area contributed by atoms with Crippen molar-refractivity contribution in [2.75, 3.05) is 40.9 Å². The first kappa shape index (κ1) is 81.0. The highest BCUT2D eigenvalue weighted by Crippen LogP contribution is 2.43. The van der Waals surface area contributed by atoms with E-state index in [1.807, 2.05) is 33.3 Å². The van der Waals surface area contributed by atoms with Crippen LogP contribution >= 0.6 is 7.82 Å². The van der Waals surface area contributed by atoms with Gasteiger partial charge in [-0.05, 0) is 70.3 Å². The van der Waals surface area contributed by atoms with Crippen LogP contribution in [0.3, 0.4) is 0 Å². The number of rotatable bonds is 66. The summed E-state index contributed by atoms with van der Waals surface area (Å²) in [5.74, 6) is -0.502. The van der Waals surface area contributed by atoms with Crippen LogP contribution in [0, 0.1) is 0 Å². The van der Waals surface area contributed by atoms with Gasteiger partial charge in [-0.15, -0.1) is 0 Å². The Morgan fingerprint density at radius 3 is 1.12 bits per heavy atom. The minimum absolute atomic E-state index is 0.0395. The van der Waals surface area contributed by atoms with E-state index in [4.69, 9.17) is 13.8 Å². The lowest BCUT2D eigenvalue weighted by atomic mass is 10.0. The molecule has 2 N–H and O–H groups in total. The number of amides is 1. The Balaban J connectivity index is 5.07. The van der Waals surface area contributed by atoms with Gasteiger partial charge in [0.05, 0.1) is 33.8 Å². The molecule has 488 valence electrons. The second-order valence-corrected chi connectivity index (χ2v) is 27.2. The van der Waals surface area contributed by atoms with Crippen LogP contribution in [0.25, 0.3) is 0 Å². The number of nitrogens with zero attached hydrogens (tertiary/aromatic N) is 1. The van der Waals surface area contributed by atoms with Gasteiger partial charge in [-0.3, -0.25) is 18.6 Å². The summed E-state index contributed by atoms with van der Waals surface area (Å²) in [4.78, 5) is 37.9. The largest absolute Gasteiger partial charge is 0.472 e. The van der Waals surface area contributed by atoms with Crippen molar-refractivity contribution < 1.29 is 37.3 Å². The van der Waals surface area contributed by atoms with E-state index in [1.54, 1.807) is 0 Å². The molecule has 0 spiro atoms. The van der Waals surface area contributed by atoms with Crippen LogP contribution in [0.1, 0.15) is 355 Å². The Kier molecular flexibility index (Phi) is 61.5. The van der Waals surface area contributed by atoms with Gasteiger partial charge in [0.25, 0.3) is 0 Å². The number of allylic oxidation sites excluding steroid dienone is 7. The van der Waals surface area contributed by atoms with Crippen molar-refractivity contribution in [2.24, 2.45) is 0 Å². The van der Waals surface area contributed by atoms with Crippen molar-refractivity contribution >= 4 is 19.7 Å². The summed E-state index contributed by atoms with van der Waals surface area (Å²) >= 11 is 0. The van der Waals surface area contributed by atoms with Crippen molar-refractivity contribution in [2.45, 2.75) is 367 Å². The molecule has 0 saturated heterocycles. The molecular formula is C73H140N2O7P+. The average Bonchev–Trinajstić information content (AvgIpc) is 3.46. The van der Waals surface area contributed by atoms with Crippen LogP contribution in [0.5, 0.6) is 0 Å². The number of carbonyl (C=O) groups is 2. The zero-order valence-corrected chi connectivity index (χ0v) is 56.8. The van der Waals surface area contributed by atoms with E-state index >= 15 is 0 Å². The maximum Gasteiger partial charge on any atom is 0.472 e. The fourth-order valence-corrected chi connectivity index (χ4v) is 11.5. The highest BCUT2D eigenvalue weighted by Gasteiger charge is 2.30. The number of hydrogen-bond donors (Lipinski definition) is 2. The van der Waals surface area contributed by atoms with E-state index in [0.717, 1.165) is 83.5 Å². The molecule has 10 heteroatoms. The van der Waals surface area contributed by atoms with Crippen molar-refractivity contribution in [3.05, 3.63) is 48.6 Å². The number of phosphoric ester groups is 1. The first-order valence-electron chi connectivity index (χ1n) is 36.0. The quantitative estimate of drug-likeness (QED) is 0.0205. The van der Waals surface area contributed by atoms with Gasteiger partial charge in [0.1, 0.15) is 19.3 Å². The standard InChI is InChI=1S/C73H139N2O7P/c1-7-10-13-16-19-22-25-28-30-32-34-35-36-37-38-39-41-42-44-47-50-53-56-59-62-65-72(76)74-70(69-81-83(78,79)80-68-67-75(4,5)6)71(64-61-58-55-52-49-46-27-24-21-18-15-12-9-3)82-73(77)66-63-60-57-54-51-48-45-43-40-33-31-29-26-23-20-17-14-11-8-2/h20,23,29,31,40,43,61,64,70-71H,7-19,21-22,24-28,30,32-39,41-42,44-60,62-63,65-69H2,1-6H3,(H-,74,76,78,79)/p+1/b23-20-,31-29-,43-40-,64-61+. The molecule has 1 amide bonds. The van der Waals surface area contributed by atoms with Crippen LogP contribution in [0.15, 0.2) is 48.6 Å². The van der Waals surface area contributed by atoms with E-state index in [0.29, 0.717) is 17.4 Å². The first-order chi connectivity index (χ1) is 40.4. The fraction of sp³-hybridized carbons (Fsp3) is 0.863. The Morgan fingerprint density at radius 2 is 0.735 bits per heavy atom. The van der Waals surface area contributed by atoms with Crippen molar-refractivity contribution in [1.29, 1.82) is 0 Å². The molecular weight excluding hydrogens is 1050 g/mol. The van der Waals surface area contributed by atoms with Crippen LogP contribution < -0.4 is 5.32 Å². The number of phosphoric acid groups is 1. The van der Waals surface area contributed by atoms with Gasteiger partial charge in [0.2, 0.25) is 5.91 Å². The monoisotopic (exact) mass is 1190 g/mol. The third-order valence-electron chi connectivity index (χ3n) is 16.3. The molecule has 0 aliphatic carbocycles. The number of nitrogens with one attached hydrogen (secondary N) is 1. The molecule has 0 heterocycles. The molecule has 9 nitrogen and oxygen atoms in total. The van der Waals surface area contributed by atoms with E-state index in [2.05, 4.69) is 62.5 Å². The second-order valence-electron chi connectivity index (χ2n) is 25.8. The summed E-state index contributed by atoms with van der Waals surface area (Å²) < 4.78 is 30.8. The number of ether oxygens (including phenoxy) is 1. The molecule has 0 rings (SSSR count). The predicted molar refractivity (Wildman–Crippen MR) is 360 cm³/mol. The number of quaternary nitrogens is 1. The Morgan fingerprint density at radius 1 is 0.422 bits per heavy atom. The highest BCUT2D eigenvalue weighted by atomic mass is 31.2. The third-order valence-corrected chi connectivity index (χ3v) is 17.3. The van der Waals surface area contributed by atoms with Gasteiger partial charge in [-0.2, -0.15) is 0 Å². The molecule has 0 aliphatic heterocycles. The van der Waals surface area contributed by atoms with Gasteiger partial charge < -0.3 is 19.4 Å². The van der Waals surface area contributed by atoms with E-state index < -0.39 is 20.0 Å². The zero-order valence-electron chi connectivity index (χ0n) is 56.0. The van der Waals surface area contributed by atoms with Gasteiger partial charge >= 0.3 is 13.8 Å². The molecule has 0 aliphatic rings.